The maximum absolute atomic E-state index is 10.4. The Bertz CT molecular complexity index is 427. The van der Waals surface area contributed by atoms with E-state index in [4.69, 9.17) is 0 Å². The molecule has 0 radical (unpaired) electrons. The molecule has 1 aromatic rings. The zero-order chi connectivity index (χ0) is 13.1. The van der Waals surface area contributed by atoms with Crippen LogP contribution in [0.3, 0.4) is 0 Å². The molecule has 1 heterocycles. The summed E-state index contributed by atoms with van der Waals surface area (Å²) < 4.78 is 0. The molecule has 19 heavy (non-hydrogen) atoms. The molecule has 0 atom stereocenters. The molecule has 4 nitrogen and oxygen atoms in total. The molecule has 0 unspecified atom stereocenters. The van der Waals surface area contributed by atoms with E-state index in [0.717, 1.165) is 5.69 Å². The molecule has 4 heteroatoms. The van der Waals surface area contributed by atoms with Crippen LogP contribution in [0.4, 0.5) is 11.4 Å². The van der Waals surface area contributed by atoms with Crippen LogP contribution >= 0.6 is 0 Å². The van der Waals surface area contributed by atoms with Crippen LogP contribution in [0.2, 0.25) is 0 Å². The highest BCUT2D eigenvalue weighted by Crippen LogP contribution is 2.41. The Kier molecular flexibility index (Phi) is 3.51. The van der Waals surface area contributed by atoms with E-state index in [9.17, 15) is 4.91 Å². The van der Waals surface area contributed by atoms with Crippen molar-refractivity contribution in [2.24, 2.45) is 10.6 Å². The number of nitrogens with one attached hydrogen (secondary N) is 2. The minimum Gasteiger partial charge on any atom is -0.382 e. The predicted octanol–water partition coefficient (Wildman–Crippen LogP) is 3.42. The third kappa shape index (κ3) is 2.78. The first-order valence-corrected chi connectivity index (χ1v) is 7.20. The lowest BCUT2D eigenvalue weighted by Crippen LogP contribution is -2.34. The van der Waals surface area contributed by atoms with Crippen molar-refractivity contribution in [2.45, 2.75) is 38.1 Å². The van der Waals surface area contributed by atoms with Gasteiger partial charge in [-0.15, -0.1) is 4.91 Å². The molecule has 1 aliphatic heterocycles. The second-order valence-corrected chi connectivity index (χ2v) is 5.98. The third-order valence-corrected chi connectivity index (χ3v) is 4.72. The number of benzene rings is 1. The van der Waals surface area contributed by atoms with Crippen LogP contribution in [-0.4, -0.2) is 19.1 Å². The van der Waals surface area contributed by atoms with Crippen molar-refractivity contribution >= 4 is 11.4 Å². The molecule has 0 bridgehead atoms. The summed E-state index contributed by atoms with van der Waals surface area (Å²) in [5.41, 5.74) is 2.17. The van der Waals surface area contributed by atoms with Gasteiger partial charge in [-0.2, -0.15) is 0 Å². The first-order chi connectivity index (χ1) is 9.30. The van der Waals surface area contributed by atoms with Gasteiger partial charge < -0.3 is 10.6 Å². The van der Waals surface area contributed by atoms with Crippen molar-refractivity contribution < 1.29 is 0 Å². The monoisotopic (exact) mass is 259 g/mol. The average molecular weight is 259 g/mol. The highest BCUT2D eigenvalue weighted by atomic mass is 16.3. The summed E-state index contributed by atoms with van der Waals surface area (Å²) in [6.07, 6.45) is 6.49. The van der Waals surface area contributed by atoms with E-state index < -0.39 is 0 Å². The van der Waals surface area contributed by atoms with Crippen molar-refractivity contribution in [3.8, 4) is 0 Å². The van der Waals surface area contributed by atoms with Crippen LogP contribution in [0.25, 0.3) is 0 Å². The van der Waals surface area contributed by atoms with E-state index in [1.54, 1.807) is 12.1 Å². The van der Waals surface area contributed by atoms with E-state index >= 15 is 0 Å². The summed E-state index contributed by atoms with van der Waals surface area (Å²) in [7, 11) is 0. The van der Waals surface area contributed by atoms with E-state index in [-0.39, 0.29) is 0 Å². The second kappa shape index (κ2) is 5.29. The van der Waals surface area contributed by atoms with Gasteiger partial charge in [0.1, 0.15) is 5.69 Å². The molecule has 2 fully saturated rings. The molecule has 1 saturated heterocycles. The standard InChI is InChI=1S/C15H21N3O/c19-18-14-3-1-12(2-4-14)17-13-5-7-15(8-6-13)9-10-16-11-15/h1-4,13,16-17H,5-11H2. The molecular weight excluding hydrogens is 238 g/mol. The van der Waals surface area contributed by atoms with Gasteiger partial charge in [-0.3, -0.25) is 0 Å². The fourth-order valence-electron chi connectivity index (χ4n) is 3.45. The van der Waals surface area contributed by atoms with Crippen LogP contribution in [0.15, 0.2) is 29.4 Å². The lowest BCUT2D eigenvalue weighted by Gasteiger charge is -2.37. The number of hydrogen-bond donors (Lipinski definition) is 2. The summed E-state index contributed by atoms with van der Waals surface area (Å²) in [5.74, 6) is 0. The normalized spacial score (nSPS) is 30.4. The van der Waals surface area contributed by atoms with Crippen molar-refractivity contribution in [1.82, 2.24) is 5.32 Å². The van der Waals surface area contributed by atoms with Gasteiger partial charge in [0.15, 0.2) is 0 Å². The number of anilines is 1. The largest absolute Gasteiger partial charge is 0.382 e. The molecular formula is C15H21N3O. The number of nitroso groups, excluding NO2 is 1. The van der Waals surface area contributed by atoms with E-state index in [0.29, 0.717) is 17.1 Å². The van der Waals surface area contributed by atoms with E-state index in [1.807, 2.05) is 12.1 Å². The molecule has 3 rings (SSSR count). The SMILES string of the molecule is O=Nc1ccc(NC2CCC3(CCNC3)CC2)cc1. The van der Waals surface area contributed by atoms with E-state index in [1.165, 1.54) is 45.2 Å². The number of hydrogen-bond acceptors (Lipinski definition) is 4. The van der Waals surface area contributed by atoms with Crippen LogP contribution in [0, 0.1) is 10.3 Å². The minimum atomic E-state index is 0.491. The Hall–Kier alpha value is -1.42. The van der Waals surface area contributed by atoms with Gasteiger partial charge in [-0.1, -0.05) is 0 Å². The van der Waals surface area contributed by atoms with Gasteiger partial charge in [0.05, 0.1) is 0 Å². The molecule has 2 N–H and O–H groups in total. The summed E-state index contributed by atoms with van der Waals surface area (Å²) in [4.78, 5) is 10.4. The zero-order valence-corrected chi connectivity index (χ0v) is 11.2. The molecule has 1 aromatic carbocycles. The van der Waals surface area contributed by atoms with Gasteiger partial charge in [0.2, 0.25) is 0 Å². The molecule has 1 saturated carbocycles. The Balaban J connectivity index is 1.55. The first kappa shape index (κ1) is 12.6. The summed E-state index contributed by atoms with van der Waals surface area (Å²) in [6, 6.07) is 7.98. The van der Waals surface area contributed by atoms with Crippen LogP contribution < -0.4 is 10.6 Å². The molecule has 102 valence electrons. The Morgan fingerprint density at radius 3 is 2.47 bits per heavy atom. The predicted molar refractivity (Wildman–Crippen MR) is 77.7 cm³/mol. The molecule has 0 amide bonds. The first-order valence-electron chi connectivity index (χ1n) is 7.20. The molecule has 0 aromatic heterocycles. The molecule has 1 spiro atoms. The second-order valence-electron chi connectivity index (χ2n) is 5.98. The van der Waals surface area contributed by atoms with Gasteiger partial charge in [0.25, 0.3) is 0 Å². The molecule has 1 aliphatic carbocycles. The van der Waals surface area contributed by atoms with Crippen molar-refractivity contribution in [3.05, 3.63) is 29.2 Å². The molecule has 2 aliphatic rings. The van der Waals surface area contributed by atoms with Crippen molar-refractivity contribution in [2.75, 3.05) is 18.4 Å². The fourth-order valence-corrected chi connectivity index (χ4v) is 3.45. The lowest BCUT2D eigenvalue weighted by molar-refractivity contribution is 0.206. The highest BCUT2D eigenvalue weighted by molar-refractivity contribution is 5.51. The Labute approximate surface area is 113 Å². The maximum atomic E-state index is 10.4. The smallest absolute Gasteiger partial charge is 0.108 e. The van der Waals surface area contributed by atoms with Gasteiger partial charge in [-0.25, -0.2) is 0 Å². The van der Waals surface area contributed by atoms with Crippen LogP contribution in [-0.2, 0) is 0 Å². The Morgan fingerprint density at radius 2 is 1.89 bits per heavy atom. The zero-order valence-electron chi connectivity index (χ0n) is 11.2. The topological polar surface area (TPSA) is 53.5 Å². The minimum absolute atomic E-state index is 0.491. The van der Waals surface area contributed by atoms with Crippen molar-refractivity contribution in [3.63, 3.8) is 0 Å². The summed E-state index contributed by atoms with van der Waals surface area (Å²) in [5, 5.41) is 10.00. The average Bonchev–Trinajstić information content (AvgIpc) is 2.91. The number of nitrogens with zero attached hydrogens (tertiary/aromatic N) is 1. The van der Waals surface area contributed by atoms with Gasteiger partial charge >= 0.3 is 0 Å². The highest BCUT2D eigenvalue weighted by Gasteiger charge is 2.37. The van der Waals surface area contributed by atoms with Gasteiger partial charge in [0, 0.05) is 18.3 Å². The number of rotatable bonds is 3. The van der Waals surface area contributed by atoms with E-state index in [2.05, 4.69) is 15.8 Å². The summed E-state index contributed by atoms with van der Waals surface area (Å²) >= 11 is 0. The third-order valence-electron chi connectivity index (χ3n) is 4.72. The van der Waals surface area contributed by atoms with Crippen LogP contribution in [0.5, 0.6) is 0 Å². The van der Waals surface area contributed by atoms with Gasteiger partial charge in [-0.05, 0) is 73.5 Å². The lowest BCUT2D eigenvalue weighted by atomic mass is 9.72. The maximum Gasteiger partial charge on any atom is 0.108 e. The fraction of sp³-hybridized carbons (Fsp3) is 0.600. The quantitative estimate of drug-likeness (QED) is 0.818. The van der Waals surface area contributed by atoms with Crippen LogP contribution in [0.1, 0.15) is 32.1 Å². The summed E-state index contributed by atoms with van der Waals surface area (Å²) in [6.45, 7) is 2.40. The van der Waals surface area contributed by atoms with Crippen molar-refractivity contribution in [1.29, 1.82) is 0 Å². The Morgan fingerprint density at radius 1 is 1.16 bits per heavy atom.